The molecule has 1 aliphatic heterocycles. The Hall–Kier alpha value is -4.91. The summed E-state index contributed by atoms with van der Waals surface area (Å²) in [5.41, 5.74) is 1.13. The van der Waals surface area contributed by atoms with E-state index in [9.17, 15) is 29.1 Å². The van der Waals surface area contributed by atoms with Crippen LogP contribution in [0, 0.1) is 5.92 Å². The summed E-state index contributed by atoms with van der Waals surface area (Å²) in [6.45, 7) is 2.63. The van der Waals surface area contributed by atoms with Crippen molar-refractivity contribution < 1.29 is 48.0 Å². The molecule has 236 valence electrons. The first-order chi connectivity index (χ1) is 21.0. The van der Waals surface area contributed by atoms with Crippen LogP contribution in [0.1, 0.15) is 25.0 Å². The summed E-state index contributed by atoms with van der Waals surface area (Å²) in [5.74, 6) is -4.31. The van der Waals surface area contributed by atoms with Crippen molar-refractivity contribution in [2.45, 2.75) is 32.4 Å². The molecule has 0 aliphatic carbocycles. The number of carbonyl (C=O) groups excluding carboxylic acids is 4. The molecule has 2 atom stereocenters. The van der Waals surface area contributed by atoms with Gasteiger partial charge < -0.3 is 34.3 Å². The molecule has 2 aromatic rings. The lowest BCUT2D eigenvalue weighted by atomic mass is 9.96. The summed E-state index contributed by atoms with van der Waals surface area (Å²) in [6, 6.07) is 9.36. The van der Waals surface area contributed by atoms with Crippen LogP contribution in [-0.4, -0.2) is 98.1 Å². The fourth-order valence-corrected chi connectivity index (χ4v) is 4.92. The molecule has 44 heavy (non-hydrogen) atoms. The first kappa shape index (κ1) is 33.6. The third-order valence-electron chi connectivity index (χ3n) is 6.97. The normalized spacial score (nSPS) is 15.4. The second-order valence-corrected chi connectivity index (χ2v) is 10.3. The first-order valence-corrected chi connectivity index (χ1v) is 13.7. The van der Waals surface area contributed by atoms with E-state index in [-0.39, 0.29) is 41.9 Å². The summed E-state index contributed by atoms with van der Waals surface area (Å²) < 4.78 is 21.4. The lowest BCUT2D eigenvalue weighted by Crippen LogP contribution is -2.57. The molecule has 2 aromatic carbocycles. The molecular weight excluding hydrogens is 574 g/mol. The second-order valence-electron chi connectivity index (χ2n) is 10.3. The van der Waals surface area contributed by atoms with Gasteiger partial charge in [-0.2, -0.15) is 0 Å². The second kappa shape index (κ2) is 15.0. The fraction of sp³-hybridized carbons (Fsp3) is 0.387. The van der Waals surface area contributed by atoms with E-state index in [2.05, 4.69) is 5.32 Å². The van der Waals surface area contributed by atoms with E-state index >= 15 is 0 Å². The Morgan fingerprint density at radius 2 is 1.57 bits per heavy atom. The van der Waals surface area contributed by atoms with Gasteiger partial charge in [0, 0.05) is 25.3 Å². The minimum absolute atomic E-state index is 0.0743. The zero-order chi connectivity index (χ0) is 32.6. The number of Topliss-reactive ketones (excluding diaryl/α,β-unsaturated/α-hetero) is 1. The Kier molecular flexibility index (Phi) is 11.5. The number of aliphatic carboxylic acids is 1. The standard InChI is InChI=1S/C31H37N3O10/c1-18(2)27-30(38)33(16-25(35)32-21(28(37)31(39)40)12-19-10-8-7-9-11-19)22(15-34(27)26(36)17-41-3)20-13-23(42-4)29(44-6)24(14-20)43-5/h7-11,13-15,18,21,27H,12,16-17H2,1-6H3,(H,32,35)(H,39,40)/t21-,27?/m0/s1. The van der Waals surface area contributed by atoms with Gasteiger partial charge in [0.25, 0.3) is 17.6 Å². The van der Waals surface area contributed by atoms with Crippen LogP contribution in [0.4, 0.5) is 0 Å². The maximum atomic E-state index is 14.1. The molecule has 13 heteroatoms. The maximum absolute atomic E-state index is 14.1. The number of benzene rings is 2. The summed E-state index contributed by atoms with van der Waals surface area (Å²) in [5, 5.41) is 11.9. The molecule has 1 aliphatic rings. The van der Waals surface area contributed by atoms with Crippen molar-refractivity contribution in [3.05, 3.63) is 59.8 Å². The fourth-order valence-electron chi connectivity index (χ4n) is 4.92. The van der Waals surface area contributed by atoms with Crippen LogP contribution in [0.2, 0.25) is 0 Å². The van der Waals surface area contributed by atoms with E-state index in [0.717, 1.165) is 0 Å². The third kappa shape index (κ3) is 7.53. The molecule has 1 heterocycles. The van der Waals surface area contributed by atoms with Crippen molar-refractivity contribution in [3.8, 4) is 17.2 Å². The SMILES string of the molecule is COCC(=O)N1C=C(c2cc(OC)c(OC)c(OC)c2)N(CC(=O)N[C@@H](Cc2ccccc2)C(=O)C(=O)O)C(=O)C1C(C)C. The van der Waals surface area contributed by atoms with Crippen LogP contribution in [-0.2, 0) is 35.1 Å². The molecule has 2 N–H and O–H groups in total. The first-order valence-electron chi connectivity index (χ1n) is 13.7. The van der Waals surface area contributed by atoms with Crippen LogP contribution in [0.3, 0.4) is 0 Å². The molecule has 0 aromatic heterocycles. The van der Waals surface area contributed by atoms with Crippen LogP contribution >= 0.6 is 0 Å². The van der Waals surface area contributed by atoms with Crippen molar-refractivity contribution >= 4 is 35.2 Å². The van der Waals surface area contributed by atoms with Crippen molar-refractivity contribution in [2.24, 2.45) is 5.92 Å². The Bertz CT molecular complexity index is 1400. The minimum atomic E-state index is -1.70. The Labute approximate surface area is 255 Å². The van der Waals surface area contributed by atoms with E-state index in [1.165, 1.54) is 44.4 Å². The highest BCUT2D eigenvalue weighted by Crippen LogP contribution is 2.41. The number of carboxylic acids is 1. The average Bonchev–Trinajstić information content (AvgIpc) is 3.00. The monoisotopic (exact) mass is 611 g/mol. The highest BCUT2D eigenvalue weighted by molar-refractivity contribution is 6.35. The van der Waals surface area contributed by atoms with Crippen molar-refractivity contribution in [1.82, 2.24) is 15.1 Å². The van der Waals surface area contributed by atoms with E-state index in [1.807, 2.05) is 0 Å². The van der Waals surface area contributed by atoms with E-state index in [4.69, 9.17) is 18.9 Å². The molecule has 0 spiro atoms. The highest BCUT2D eigenvalue weighted by Gasteiger charge is 2.41. The third-order valence-corrected chi connectivity index (χ3v) is 6.97. The number of nitrogens with zero attached hydrogens (tertiary/aromatic N) is 2. The molecule has 0 saturated heterocycles. The van der Waals surface area contributed by atoms with E-state index in [1.54, 1.807) is 56.3 Å². The molecule has 3 rings (SSSR count). The summed E-state index contributed by atoms with van der Waals surface area (Å²) in [7, 11) is 5.63. The van der Waals surface area contributed by atoms with Gasteiger partial charge in [-0.1, -0.05) is 44.2 Å². The quantitative estimate of drug-likeness (QED) is 0.301. The lowest BCUT2D eigenvalue weighted by Gasteiger charge is -2.41. The van der Waals surface area contributed by atoms with E-state index in [0.29, 0.717) is 11.1 Å². The van der Waals surface area contributed by atoms with Crippen LogP contribution in [0.15, 0.2) is 48.7 Å². The van der Waals surface area contributed by atoms with Gasteiger partial charge in [-0.3, -0.25) is 24.1 Å². The van der Waals surface area contributed by atoms with Crippen LogP contribution in [0.5, 0.6) is 17.2 Å². The molecular formula is C31H37N3O10. The zero-order valence-electron chi connectivity index (χ0n) is 25.5. The molecule has 0 fully saturated rings. The predicted octanol–water partition coefficient (Wildman–Crippen LogP) is 1.73. The van der Waals surface area contributed by atoms with Crippen LogP contribution < -0.4 is 19.5 Å². The number of ketones is 1. The van der Waals surface area contributed by atoms with Crippen molar-refractivity contribution in [1.29, 1.82) is 0 Å². The number of carboxylic acid groups (broad SMARTS) is 1. The lowest BCUT2D eigenvalue weighted by molar-refractivity contribution is -0.150. The molecule has 0 saturated carbocycles. The largest absolute Gasteiger partial charge is 0.493 e. The van der Waals surface area contributed by atoms with E-state index < -0.39 is 48.1 Å². The summed E-state index contributed by atoms with van der Waals surface area (Å²) in [6.07, 6.45) is 1.38. The summed E-state index contributed by atoms with van der Waals surface area (Å²) in [4.78, 5) is 67.2. The minimum Gasteiger partial charge on any atom is -0.493 e. The van der Waals surface area contributed by atoms with Gasteiger partial charge in [0.05, 0.1) is 27.0 Å². The number of carbonyl (C=O) groups is 5. The van der Waals surface area contributed by atoms with Gasteiger partial charge in [0.2, 0.25) is 11.7 Å². The number of hydrogen-bond donors (Lipinski definition) is 2. The Balaban J connectivity index is 2.10. The zero-order valence-corrected chi connectivity index (χ0v) is 25.5. The molecule has 13 nitrogen and oxygen atoms in total. The van der Waals surface area contributed by atoms with Gasteiger partial charge in [0.1, 0.15) is 25.2 Å². The number of rotatable bonds is 14. The van der Waals surface area contributed by atoms with Gasteiger partial charge in [-0.25, -0.2) is 4.79 Å². The van der Waals surface area contributed by atoms with Gasteiger partial charge in [0.15, 0.2) is 11.5 Å². The maximum Gasteiger partial charge on any atom is 0.374 e. The highest BCUT2D eigenvalue weighted by atomic mass is 16.5. The summed E-state index contributed by atoms with van der Waals surface area (Å²) >= 11 is 0. The average molecular weight is 612 g/mol. The Morgan fingerprint density at radius 1 is 0.955 bits per heavy atom. The van der Waals surface area contributed by atoms with Gasteiger partial charge >= 0.3 is 5.97 Å². The van der Waals surface area contributed by atoms with Crippen molar-refractivity contribution in [2.75, 3.05) is 41.6 Å². The Morgan fingerprint density at radius 3 is 2.07 bits per heavy atom. The number of nitrogens with one attached hydrogen (secondary N) is 1. The van der Waals surface area contributed by atoms with Crippen molar-refractivity contribution in [3.63, 3.8) is 0 Å². The molecule has 0 bridgehead atoms. The smallest absolute Gasteiger partial charge is 0.374 e. The van der Waals surface area contributed by atoms with Crippen LogP contribution in [0.25, 0.3) is 5.70 Å². The van der Waals surface area contributed by atoms with Gasteiger partial charge in [-0.05, 0) is 23.6 Å². The topological polar surface area (TPSA) is 161 Å². The number of amides is 3. The molecule has 0 radical (unpaired) electrons. The molecule has 3 amide bonds. The molecule has 1 unspecified atom stereocenters. The number of hydrogen-bond acceptors (Lipinski definition) is 9. The predicted molar refractivity (Wildman–Crippen MR) is 158 cm³/mol. The number of ether oxygens (including phenoxy) is 4. The van der Waals surface area contributed by atoms with Gasteiger partial charge in [-0.15, -0.1) is 0 Å². The number of methoxy groups -OCH3 is 4.